The van der Waals surface area contributed by atoms with Crippen LogP contribution in [0.4, 0.5) is 0 Å². The van der Waals surface area contributed by atoms with Crippen molar-refractivity contribution in [3.05, 3.63) is 0 Å². The third-order valence-electron chi connectivity index (χ3n) is 3.57. The number of hydrogen-bond donors (Lipinski definition) is 1. The average molecular weight is 278 g/mol. The number of nitrogens with zero attached hydrogens (tertiary/aromatic N) is 1. The van der Waals surface area contributed by atoms with Crippen LogP contribution in [0.2, 0.25) is 0 Å². The van der Waals surface area contributed by atoms with Gasteiger partial charge in [-0.2, -0.15) is 4.31 Å². The Kier molecular flexibility index (Phi) is 4.97. The molecule has 18 heavy (non-hydrogen) atoms. The van der Waals surface area contributed by atoms with Crippen LogP contribution in [0.3, 0.4) is 0 Å². The maximum atomic E-state index is 12.2. The predicted octanol–water partition coefficient (Wildman–Crippen LogP) is -0.598. The van der Waals surface area contributed by atoms with Crippen LogP contribution < -0.4 is 5.73 Å². The highest BCUT2D eigenvalue weighted by Crippen LogP contribution is 2.18. The largest absolute Gasteiger partial charge is 0.381 e. The van der Waals surface area contributed by atoms with Crippen molar-refractivity contribution in [2.45, 2.75) is 18.9 Å². The summed E-state index contributed by atoms with van der Waals surface area (Å²) < 4.78 is 36.4. The van der Waals surface area contributed by atoms with Crippen LogP contribution in [-0.4, -0.2) is 64.0 Å². The molecule has 0 radical (unpaired) electrons. The summed E-state index contributed by atoms with van der Waals surface area (Å²) >= 11 is 0. The predicted molar refractivity (Wildman–Crippen MR) is 67.7 cm³/mol. The molecule has 7 heteroatoms. The van der Waals surface area contributed by atoms with E-state index in [9.17, 15) is 8.42 Å². The summed E-state index contributed by atoms with van der Waals surface area (Å²) in [4.78, 5) is 0. The molecule has 0 aromatic heterocycles. The zero-order valence-corrected chi connectivity index (χ0v) is 11.4. The van der Waals surface area contributed by atoms with Crippen molar-refractivity contribution in [3.63, 3.8) is 0 Å². The quantitative estimate of drug-likeness (QED) is 0.743. The fourth-order valence-corrected chi connectivity index (χ4v) is 4.09. The fraction of sp³-hybridized carbons (Fsp3) is 1.00. The van der Waals surface area contributed by atoms with Crippen molar-refractivity contribution in [2.75, 3.05) is 45.3 Å². The van der Waals surface area contributed by atoms with Crippen molar-refractivity contribution in [3.8, 4) is 0 Å². The van der Waals surface area contributed by atoms with E-state index in [1.807, 2.05) is 0 Å². The van der Waals surface area contributed by atoms with Gasteiger partial charge in [-0.3, -0.25) is 0 Å². The first-order valence-electron chi connectivity index (χ1n) is 6.48. The summed E-state index contributed by atoms with van der Waals surface area (Å²) in [5, 5.41) is 0. The zero-order chi connectivity index (χ0) is 13.0. The Labute approximate surface area is 108 Å². The van der Waals surface area contributed by atoms with Crippen LogP contribution in [-0.2, 0) is 19.5 Å². The molecule has 0 bridgehead atoms. The Morgan fingerprint density at radius 2 is 1.94 bits per heavy atom. The number of rotatable bonds is 4. The number of sulfonamides is 1. The second kappa shape index (κ2) is 6.29. The van der Waals surface area contributed by atoms with Crippen molar-refractivity contribution >= 4 is 10.0 Å². The Hall–Kier alpha value is -0.210. The monoisotopic (exact) mass is 278 g/mol. The fourth-order valence-electron chi connectivity index (χ4n) is 2.41. The topological polar surface area (TPSA) is 81.9 Å². The summed E-state index contributed by atoms with van der Waals surface area (Å²) in [5.41, 5.74) is 6.02. The minimum Gasteiger partial charge on any atom is -0.381 e. The number of ether oxygens (including phenoxy) is 2. The van der Waals surface area contributed by atoms with E-state index in [1.54, 1.807) is 0 Å². The van der Waals surface area contributed by atoms with E-state index in [0.717, 1.165) is 19.4 Å². The van der Waals surface area contributed by atoms with Gasteiger partial charge in [0.2, 0.25) is 10.0 Å². The van der Waals surface area contributed by atoms with Crippen LogP contribution in [0.5, 0.6) is 0 Å². The first-order chi connectivity index (χ1) is 8.59. The van der Waals surface area contributed by atoms with Gasteiger partial charge in [0.25, 0.3) is 0 Å². The molecule has 0 aromatic carbocycles. The van der Waals surface area contributed by atoms with E-state index in [0.29, 0.717) is 32.9 Å². The lowest BCUT2D eigenvalue weighted by molar-refractivity contribution is 0.0470. The van der Waals surface area contributed by atoms with Crippen molar-refractivity contribution in [2.24, 2.45) is 11.7 Å². The third kappa shape index (κ3) is 3.64. The molecule has 2 heterocycles. The molecule has 2 saturated heterocycles. The smallest absolute Gasteiger partial charge is 0.215 e. The molecule has 2 aliphatic heterocycles. The first-order valence-corrected chi connectivity index (χ1v) is 8.09. The highest BCUT2D eigenvalue weighted by atomic mass is 32.2. The van der Waals surface area contributed by atoms with Gasteiger partial charge >= 0.3 is 0 Å². The van der Waals surface area contributed by atoms with Crippen molar-refractivity contribution in [1.29, 1.82) is 0 Å². The highest BCUT2D eigenvalue weighted by molar-refractivity contribution is 7.89. The lowest BCUT2D eigenvalue weighted by atomic mass is 9.96. The molecular weight excluding hydrogens is 256 g/mol. The van der Waals surface area contributed by atoms with Gasteiger partial charge in [0.1, 0.15) is 0 Å². The molecule has 2 atom stereocenters. The highest BCUT2D eigenvalue weighted by Gasteiger charge is 2.30. The number of nitrogens with two attached hydrogens (primary N) is 1. The molecule has 2 N–H and O–H groups in total. The van der Waals surface area contributed by atoms with Crippen molar-refractivity contribution < 1.29 is 17.9 Å². The maximum Gasteiger partial charge on any atom is 0.215 e. The van der Waals surface area contributed by atoms with Crippen LogP contribution >= 0.6 is 0 Å². The van der Waals surface area contributed by atoms with Crippen LogP contribution in [0, 0.1) is 5.92 Å². The molecule has 2 unspecified atom stereocenters. The first kappa shape index (κ1) is 14.2. The molecule has 2 aliphatic rings. The lowest BCUT2D eigenvalue weighted by Gasteiger charge is -2.31. The molecule has 106 valence electrons. The Morgan fingerprint density at radius 1 is 1.22 bits per heavy atom. The van der Waals surface area contributed by atoms with Gasteiger partial charge in [-0.25, -0.2) is 8.42 Å². The van der Waals surface area contributed by atoms with Gasteiger partial charge in [0, 0.05) is 25.7 Å². The van der Waals surface area contributed by atoms with E-state index in [4.69, 9.17) is 15.2 Å². The van der Waals surface area contributed by atoms with E-state index >= 15 is 0 Å². The molecule has 2 fully saturated rings. The van der Waals surface area contributed by atoms with Crippen LogP contribution in [0.25, 0.3) is 0 Å². The van der Waals surface area contributed by atoms with E-state index in [-0.39, 0.29) is 17.7 Å². The second-order valence-electron chi connectivity index (χ2n) is 4.93. The SMILES string of the molecule is NC(CS(=O)(=O)N1CCOCC1)C1CCCOC1. The molecule has 0 saturated carbocycles. The normalized spacial score (nSPS) is 29.1. The van der Waals surface area contributed by atoms with Gasteiger partial charge in [-0.05, 0) is 18.8 Å². The van der Waals surface area contributed by atoms with Gasteiger partial charge in [0.05, 0.1) is 25.6 Å². The van der Waals surface area contributed by atoms with Gasteiger partial charge in [-0.15, -0.1) is 0 Å². The standard InChI is InChI=1S/C11H22N2O4S/c12-11(10-2-1-5-17-8-10)9-18(14,15)13-3-6-16-7-4-13/h10-11H,1-9,12H2. The minimum absolute atomic E-state index is 0.0149. The van der Waals surface area contributed by atoms with E-state index in [2.05, 4.69) is 0 Å². The summed E-state index contributed by atoms with van der Waals surface area (Å²) in [6, 6.07) is -0.335. The van der Waals surface area contributed by atoms with E-state index < -0.39 is 10.0 Å². The second-order valence-corrected chi connectivity index (χ2v) is 6.94. The Morgan fingerprint density at radius 3 is 2.56 bits per heavy atom. The van der Waals surface area contributed by atoms with Gasteiger partial charge < -0.3 is 15.2 Å². The molecule has 2 rings (SSSR count). The molecule has 0 aromatic rings. The van der Waals surface area contributed by atoms with E-state index in [1.165, 1.54) is 4.31 Å². The van der Waals surface area contributed by atoms with Gasteiger partial charge in [-0.1, -0.05) is 0 Å². The molecule has 6 nitrogen and oxygen atoms in total. The summed E-state index contributed by atoms with van der Waals surface area (Å²) in [6.07, 6.45) is 1.93. The van der Waals surface area contributed by atoms with Crippen molar-refractivity contribution in [1.82, 2.24) is 4.31 Å². The lowest BCUT2D eigenvalue weighted by Crippen LogP contribution is -2.48. The van der Waals surface area contributed by atoms with Crippen LogP contribution in [0.1, 0.15) is 12.8 Å². The Bertz CT molecular complexity index is 348. The number of morpholine rings is 1. The molecular formula is C11H22N2O4S. The van der Waals surface area contributed by atoms with Crippen LogP contribution in [0.15, 0.2) is 0 Å². The molecule has 0 amide bonds. The molecule has 0 spiro atoms. The summed E-state index contributed by atoms with van der Waals surface area (Å²) in [6.45, 7) is 3.17. The molecule has 0 aliphatic carbocycles. The summed E-state index contributed by atoms with van der Waals surface area (Å²) in [5.74, 6) is 0.177. The minimum atomic E-state index is -3.26. The Balaban J connectivity index is 1.89. The van der Waals surface area contributed by atoms with Gasteiger partial charge in [0.15, 0.2) is 0 Å². The maximum absolute atomic E-state index is 12.2. The summed E-state index contributed by atoms with van der Waals surface area (Å²) in [7, 11) is -3.26. The zero-order valence-electron chi connectivity index (χ0n) is 10.6. The number of hydrogen-bond acceptors (Lipinski definition) is 5. The third-order valence-corrected chi connectivity index (χ3v) is 5.53. The average Bonchev–Trinajstić information content (AvgIpc) is 2.40.